The summed E-state index contributed by atoms with van der Waals surface area (Å²) < 4.78 is 81.2. The fourth-order valence-electron chi connectivity index (χ4n) is 3.78. The molecule has 1 unspecified atom stereocenters. The average Bonchev–Trinajstić information content (AvgIpc) is 3.51. The lowest BCUT2D eigenvalue weighted by molar-refractivity contribution is -0.168. The van der Waals surface area contributed by atoms with Gasteiger partial charge >= 0.3 is 6.18 Å². The molecule has 0 amide bonds. The molecule has 4 aromatic rings. The molecule has 1 saturated carbocycles. The Kier molecular flexibility index (Phi) is 6.03. The monoisotopic (exact) mass is 531 g/mol. The van der Waals surface area contributed by atoms with Crippen LogP contribution in [0.5, 0.6) is 5.75 Å². The molecule has 2 aromatic carbocycles. The lowest BCUT2D eigenvalue weighted by Gasteiger charge is -2.15. The summed E-state index contributed by atoms with van der Waals surface area (Å²) in [5, 5.41) is 4.16. The van der Waals surface area contributed by atoms with E-state index in [1.807, 2.05) is 0 Å². The number of nitrogens with one attached hydrogen (secondary N) is 1. The highest BCUT2D eigenvalue weighted by Gasteiger charge is 2.62. The van der Waals surface area contributed by atoms with E-state index in [2.05, 4.69) is 21.7 Å². The van der Waals surface area contributed by atoms with Gasteiger partial charge in [0.15, 0.2) is 16.8 Å². The molecule has 0 spiro atoms. The van der Waals surface area contributed by atoms with Crippen LogP contribution in [0.15, 0.2) is 69.0 Å². The molecule has 37 heavy (non-hydrogen) atoms. The van der Waals surface area contributed by atoms with Crippen molar-refractivity contribution in [3.05, 3.63) is 76.5 Å². The molecule has 190 valence electrons. The van der Waals surface area contributed by atoms with Crippen LogP contribution < -0.4 is 15.0 Å². The molecule has 1 atom stereocenters. The fourth-order valence-corrected chi connectivity index (χ4v) is 4.61. The largest absolute Gasteiger partial charge is 0.495 e. The quantitative estimate of drug-likeness (QED) is 0.291. The zero-order chi connectivity index (χ0) is 26.4. The second-order valence-electron chi connectivity index (χ2n) is 8.32. The summed E-state index contributed by atoms with van der Waals surface area (Å²) in [5.41, 5.74) is -2.50. The minimum atomic E-state index is -4.50. The zero-order valence-corrected chi connectivity index (χ0v) is 19.9. The lowest BCUT2D eigenvalue weighted by atomic mass is 10.1. The Morgan fingerprint density at radius 1 is 1.16 bits per heavy atom. The SMILES string of the molecule is COc1cc(C#CC2(C(F)(F)F)CC2)c(F)cc1-n1c(=O)ccc2cc(S(=O)Nc3ccon3)ccc21. The molecule has 12 heteroatoms. The summed E-state index contributed by atoms with van der Waals surface area (Å²) in [4.78, 5) is 13.2. The van der Waals surface area contributed by atoms with Crippen molar-refractivity contribution in [2.45, 2.75) is 23.9 Å². The number of aromatic nitrogens is 2. The zero-order valence-electron chi connectivity index (χ0n) is 19.1. The molecule has 0 saturated heterocycles. The van der Waals surface area contributed by atoms with Gasteiger partial charge in [-0.05, 0) is 37.1 Å². The molecule has 0 radical (unpaired) electrons. The first-order chi connectivity index (χ1) is 17.6. The van der Waals surface area contributed by atoms with Crippen LogP contribution in [0.3, 0.4) is 0 Å². The molecular weight excluding hydrogens is 514 g/mol. The number of benzene rings is 2. The maximum absolute atomic E-state index is 15.0. The first-order valence-electron chi connectivity index (χ1n) is 10.8. The summed E-state index contributed by atoms with van der Waals surface area (Å²) in [6, 6.07) is 11.1. The van der Waals surface area contributed by atoms with E-state index < -0.39 is 34.0 Å². The Labute approximate surface area is 209 Å². The maximum Gasteiger partial charge on any atom is 0.405 e. The van der Waals surface area contributed by atoms with Gasteiger partial charge in [-0.25, -0.2) is 8.60 Å². The summed E-state index contributed by atoms with van der Waals surface area (Å²) in [7, 11) is -0.398. The van der Waals surface area contributed by atoms with Gasteiger partial charge in [0, 0.05) is 29.7 Å². The second kappa shape index (κ2) is 9.08. The van der Waals surface area contributed by atoms with E-state index in [4.69, 9.17) is 9.26 Å². The minimum absolute atomic E-state index is 0.0349. The second-order valence-corrected chi connectivity index (χ2v) is 9.53. The van der Waals surface area contributed by atoms with Crippen LogP contribution in [0.4, 0.5) is 23.4 Å². The maximum atomic E-state index is 15.0. The van der Waals surface area contributed by atoms with Crippen molar-refractivity contribution in [1.82, 2.24) is 9.72 Å². The summed E-state index contributed by atoms with van der Waals surface area (Å²) >= 11 is 0. The number of rotatable bonds is 5. The number of methoxy groups -OCH3 is 1. The van der Waals surface area contributed by atoms with Crippen LogP contribution in [0.1, 0.15) is 18.4 Å². The number of nitrogens with zero attached hydrogens (tertiary/aromatic N) is 2. The highest BCUT2D eigenvalue weighted by molar-refractivity contribution is 7.86. The molecule has 1 aliphatic carbocycles. The Bertz CT molecular complexity index is 1650. The van der Waals surface area contributed by atoms with Crippen LogP contribution in [0.2, 0.25) is 0 Å². The summed E-state index contributed by atoms with van der Waals surface area (Å²) in [5.74, 6) is 3.88. The van der Waals surface area contributed by atoms with Crippen molar-refractivity contribution in [3.8, 4) is 23.3 Å². The number of fused-ring (bicyclic) bond motifs is 1. The van der Waals surface area contributed by atoms with Gasteiger partial charge < -0.3 is 9.26 Å². The van der Waals surface area contributed by atoms with Gasteiger partial charge in [-0.2, -0.15) is 13.2 Å². The van der Waals surface area contributed by atoms with Crippen LogP contribution in [0, 0.1) is 23.1 Å². The van der Waals surface area contributed by atoms with Gasteiger partial charge in [0.05, 0.1) is 28.8 Å². The van der Waals surface area contributed by atoms with Crippen molar-refractivity contribution in [2.24, 2.45) is 5.41 Å². The Hall–Kier alpha value is -4.11. The van der Waals surface area contributed by atoms with E-state index >= 15 is 4.39 Å². The van der Waals surface area contributed by atoms with E-state index in [1.165, 1.54) is 48.3 Å². The first kappa shape index (κ1) is 24.6. The number of alkyl halides is 3. The minimum Gasteiger partial charge on any atom is -0.495 e. The van der Waals surface area contributed by atoms with E-state index in [0.717, 1.165) is 6.07 Å². The van der Waals surface area contributed by atoms with Crippen molar-refractivity contribution < 1.29 is 31.0 Å². The average molecular weight is 531 g/mol. The van der Waals surface area contributed by atoms with Crippen LogP contribution >= 0.6 is 0 Å². The number of hydrogen-bond donors (Lipinski definition) is 1. The topological polar surface area (TPSA) is 86.4 Å². The van der Waals surface area contributed by atoms with Crippen LogP contribution in [0.25, 0.3) is 16.6 Å². The van der Waals surface area contributed by atoms with E-state index in [1.54, 1.807) is 12.1 Å². The van der Waals surface area contributed by atoms with Crippen molar-refractivity contribution in [2.75, 3.05) is 11.8 Å². The van der Waals surface area contributed by atoms with Gasteiger partial charge in [-0.1, -0.05) is 17.0 Å². The number of hydrogen-bond acceptors (Lipinski definition) is 5. The molecule has 7 nitrogen and oxygen atoms in total. The highest BCUT2D eigenvalue weighted by atomic mass is 32.2. The normalized spacial score (nSPS) is 15.1. The molecule has 0 bridgehead atoms. The van der Waals surface area contributed by atoms with Gasteiger partial charge in [0.2, 0.25) is 0 Å². The molecule has 2 aromatic heterocycles. The summed E-state index contributed by atoms with van der Waals surface area (Å²) in [6.45, 7) is 0. The fraction of sp³-hybridized carbons (Fsp3) is 0.200. The van der Waals surface area contributed by atoms with Gasteiger partial charge in [0.1, 0.15) is 23.2 Å². The third-order valence-corrected chi connectivity index (χ3v) is 7.03. The van der Waals surface area contributed by atoms with Gasteiger partial charge in [-0.3, -0.25) is 14.1 Å². The number of pyridine rings is 1. The Balaban J connectivity index is 1.56. The van der Waals surface area contributed by atoms with E-state index in [9.17, 15) is 22.2 Å². The first-order valence-corrected chi connectivity index (χ1v) is 12.0. The molecule has 1 fully saturated rings. The Morgan fingerprint density at radius 3 is 2.59 bits per heavy atom. The molecule has 1 aliphatic rings. The number of halogens is 4. The van der Waals surface area contributed by atoms with E-state index in [0.29, 0.717) is 15.8 Å². The van der Waals surface area contributed by atoms with Crippen LogP contribution in [-0.2, 0) is 11.0 Å². The highest BCUT2D eigenvalue weighted by Crippen LogP contribution is 2.57. The Morgan fingerprint density at radius 2 is 1.95 bits per heavy atom. The van der Waals surface area contributed by atoms with Crippen molar-refractivity contribution in [3.63, 3.8) is 0 Å². The molecule has 1 N–H and O–H groups in total. The van der Waals surface area contributed by atoms with Crippen LogP contribution in [-0.4, -0.2) is 27.2 Å². The van der Waals surface area contributed by atoms with Gasteiger partial charge in [0.25, 0.3) is 5.56 Å². The number of anilines is 1. The third kappa shape index (κ3) is 4.58. The smallest absolute Gasteiger partial charge is 0.405 e. The standard InChI is InChI=1S/C25H17F4N3O4S/c1-35-21-13-15(6-8-24(9-10-24)25(27,28)29)18(26)14-20(21)32-19-4-3-17(12-16(19)2-5-23(32)33)37(34)31-22-7-11-36-30-22/h2-5,7,11-14H,9-10H2,1H3,(H,30,31). The number of ether oxygens (including phenoxy) is 1. The van der Waals surface area contributed by atoms with Crippen molar-refractivity contribution >= 4 is 27.7 Å². The third-order valence-electron chi connectivity index (χ3n) is 5.95. The molecule has 0 aliphatic heterocycles. The summed E-state index contributed by atoms with van der Waals surface area (Å²) in [6.07, 6.45) is -3.44. The molecular formula is C25H17F4N3O4S. The van der Waals surface area contributed by atoms with Crippen molar-refractivity contribution in [1.29, 1.82) is 0 Å². The van der Waals surface area contributed by atoms with Gasteiger partial charge in [-0.15, -0.1) is 0 Å². The predicted octanol–water partition coefficient (Wildman–Crippen LogP) is 4.96. The predicted molar refractivity (Wildman–Crippen MR) is 127 cm³/mol. The molecule has 2 heterocycles. The lowest BCUT2D eigenvalue weighted by Crippen LogP contribution is -2.22. The van der Waals surface area contributed by atoms with E-state index in [-0.39, 0.29) is 35.7 Å². The molecule has 5 rings (SSSR count).